The molecule has 0 atom stereocenters. The van der Waals surface area contributed by atoms with Gasteiger partial charge in [0.2, 0.25) is 0 Å². The van der Waals surface area contributed by atoms with Gasteiger partial charge in [-0.2, -0.15) is 0 Å². The van der Waals surface area contributed by atoms with Crippen LogP contribution in [0.5, 0.6) is 0 Å². The molecule has 0 aliphatic carbocycles. The summed E-state index contributed by atoms with van der Waals surface area (Å²) in [7, 11) is 2.00. The van der Waals surface area contributed by atoms with Gasteiger partial charge in [0, 0.05) is 25.6 Å². The molecule has 0 unspecified atom stereocenters. The Morgan fingerprint density at radius 2 is 2.22 bits per heavy atom. The molecular weight excluding hydrogens is 228 g/mol. The second kappa shape index (κ2) is 6.00. The highest BCUT2D eigenvalue weighted by atomic mass is 16.1. The van der Waals surface area contributed by atoms with Gasteiger partial charge < -0.3 is 15.2 Å². The lowest BCUT2D eigenvalue weighted by atomic mass is 9.97. The fourth-order valence-corrected chi connectivity index (χ4v) is 2.48. The number of anilines is 1. The minimum Gasteiger partial charge on any atom is -0.356 e. The van der Waals surface area contributed by atoms with Crippen molar-refractivity contribution in [1.29, 1.82) is 0 Å². The molecule has 1 aromatic heterocycles. The largest absolute Gasteiger partial charge is 0.356 e. The number of nitrogens with zero attached hydrogens (tertiary/aromatic N) is 2. The first-order valence-electron chi connectivity index (χ1n) is 6.72. The third-order valence-corrected chi connectivity index (χ3v) is 3.54. The lowest BCUT2D eigenvalue weighted by Gasteiger charge is -2.32. The number of H-pyrrole nitrogens is 1. The number of aryl methyl sites for hydroxylation is 1. The molecule has 0 aromatic carbocycles. The van der Waals surface area contributed by atoms with Crippen LogP contribution in [0.25, 0.3) is 0 Å². The normalized spacial score (nSPS) is 17.1. The Balaban J connectivity index is 2.05. The predicted octanol–water partition coefficient (Wildman–Crippen LogP) is 0.768. The molecule has 2 heterocycles. The Morgan fingerprint density at radius 3 is 2.83 bits per heavy atom. The number of hydrogen-bond acceptors (Lipinski definition) is 4. The monoisotopic (exact) mass is 250 g/mol. The molecule has 1 aromatic rings. The van der Waals surface area contributed by atoms with E-state index in [9.17, 15) is 4.79 Å². The van der Waals surface area contributed by atoms with Crippen molar-refractivity contribution >= 4 is 5.82 Å². The number of piperidine rings is 1. The minimum absolute atomic E-state index is 0.0470. The van der Waals surface area contributed by atoms with Crippen molar-refractivity contribution in [3.63, 3.8) is 0 Å². The van der Waals surface area contributed by atoms with Crippen LogP contribution >= 0.6 is 0 Å². The minimum atomic E-state index is -0.0470. The van der Waals surface area contributed by atoms with Crippen molar-refractivity contribution in [3.05, 3.63) is 22.2 Å². The van der Waals surface area contributed by atoms with Crippen LogP contribution in [0.1, 0.15) is 25.6 Å². The summed E-state index contributed by atoms with van der Waals surface area (Å²) in [5.41, 5.74) is -0.0470. The first kappa shape index (κ1) is 13.1. The van der Waals surface area contributed by atoms with E-state index in [4.69, 9.17) is 0 Å². The SMILES string of the molecule is CCc1nc(N2CCC(CNC)CC2)cc(=O)[nH]1. The van der Waals surface area contributed by atoms with Crippen LogP contribution in [0.3, 0.4) is 0 Å². The van der Waals surface area contributed by atoms with E-state index in [2.05, 4.69) is 20.2 Å². The van der Waals surface area contributed by atoms with E-state index in [1.807, 2.05) is 14.0 Å². The summed E-state index contributed by atoms with van der Waals surface area (Å²) in [6.07, 6.45) is 3.09. The van der Waals surface area contributed by atoms with E-state index in [1.165, 1.54) is 0 Å². The molecule has 0 radical (unpaired) electrons. The molecule has 100 valence electrons. The zero-order chi connectivity index (χ0) is 13.0. The van der Waals surface area contributed by atoms with Gasteiger partial charge in [-0.3, -0.25) is 4.79 Å². The Hall–Kier alpha value is -1.36. The van der Waals surface area contributed by atoms with Crippen LogP contribution in [-0.4, -0.2) is 36.6 Å². The number of aromatic nitrogens is 2. The molecule has 5 nitrogen and oxygen atoms in total. The Kier molecular flexibility index (Phi) is 4.36. The van der Waals surface area contributed by atoms with Crippen LogP contribution in [0, 0.1) is 5.92 Å². The molecule has 0 bridgehead atoms. The van der Waals surface area contributed by atoms with Gasteiger partial charge in [-0.15, -0.1) is 0 Å². The Labute approximate surface area is 108 Å². The third kappa shape index (κ3) is 3.10. The maximum atomic E-state index is 11.5. The van der Waals surface area contributed by atoms with Crippen molar-refractivity contribution in [1.82, 2.24) is 15.3 Å². The molecule has 5 heteroatoms. The number of rotatable bonds is 4. The fraction of sp³-hybridized carbons (Fsp3) is 0.692. The Bertz CT molecular complexity index is 435. The maximum Gasteiger partial charge on any atom is 0.252 e. The van der Waals surface area contributed by atoms with Gasteiger partial charge in [0.15, 0.2) is 0 Å². The molecule has 2 N–H and O–H groups in total. The molecule has 18 heavy (non-hydrogen) atoms. The second-order valence-corrected chi connectivity index (χ2v) is 4.89. The lowest BCUT2D eigenvalue weighted by Crippen LogP contribution is -2.37. The number of hydrogen-bond donors (Lipinski definition) is 2. The third-order valence-electron chi connectivity index (χ3n) is 3.54. The second-order valence-electron chi connectivity index (χ2n) is 4.89. The molecular formula is C13H22N4O. The van der Waals surface area contributed by atoms with E-state index in [-0.39, 0.29) is 5.56 Å². The highest BCUT2D eigenvalue weighted by Gasteiger charge is 2.20. The standard InChI is InChI=1S/C13H22N4O/c1-3-11-15-12(8-13(18)16-11)17-6-4-10(5-7-17)9-14-2/h8,10,14H,3-7,9H2,1-2H3,(H,15,16,18). The zero-order valence-corrected chi connectivity index (χ0v) is 11.2. The van der Waals surface area contributed by atoms with Gasteiger partial charge in [0.25, 0.3) is 5.56 Å². The van der Waals surface area contributed by atoms with E-state index >= 15 is 0 Å². The van der Waals surface area contributed by atoms with Crippen LogP contribution < -0.4 is 15.8 Å². The summed E-state index contributed by atoms with van der Waals surface area (Å²) in [5.74, 6) is 2.35. The van der Waals surface area contributed by atoms with Gasteiger partial charge in [-0.1, -0.05) is 6.92 Å². The highest BCUT2D eigenvalue weighted by molar-refractivity contribution is 5.37. The van der Waals surface area contributed by atoms with Crippen molar-refractivity contribution < 1.29 is 0 Å². The maximum absolute atomic E-state index is 11.5. The van der Waals surface area contributed by atoms with Crippen LogP contribution in [-0.2, 0) is 6.42 Å². The number of nitrogens with one attached hydrogen (secondary N) is 2. The summed E-state index contributed by atoms with van der Waals surface area (Å²) in [6.45, 7) is 5.07. The zero-order valence-electron chi connectivity index (χ0n) is 11.2. The molecule has 1 aliphatic heterocycles. The summed E-state index contributed by atoms with van der Waals surface area (Å²) in [4.78, 5) is 21.0. The van der Waals surface area contributed by atoms with Gasteiger partial charge in [-0.25, -0.2) is 4.98 Å². The van der Waals surface area contributed by atoms with Gasteiger partial charge in [0.05, 0.1) is 0 Å². The van der Waals surface area contributed by atoms with Gasteiger partial charge >= 0.3 is 0 Å². The highest BCUT2D eigenvalue weighted by Crippen LogP contribution is 2.20. The van der Waals surface area contributed by atoms with Crippen LogP contribution in [0.2, 0.25) is 0 Å². The van der Waals surface area contributed by atoms with Crippen molar-refractivity contribution in [2.45, 2.75) is 26.2 Å². The number of aromatic amines is 1. The van der Waals surface area contributed by atoms with E-state index in [1.54, 1.807) is 6.07 Å². The predicted molar refractivity (Wildman–Crippen MR) is 73.1 cm³/mol. The molecule has 1 saturated heterocycles. The molecule has 0 spiro atoms. The molecule has 1 aliphatic rings. The quantitative estimate of drug-likeness (QED) is 0.828. The van der Waals surface area contributed by atoms with E-state index < -0.39 is 0 Å². The smallest absolute Gasteiger partial charge is 0.252 e. The van der Waals surface area contributed by atoms with Crippen molar-refractivity contribution in [2.24, 2.45) is 5.92 Å². The van der Waals surface area contributed by atoms with Crippen LogP contribution in [0.4, 0.5) is 5.82 Å². The molecule has 0 saturated carbocycles. The Morgan fingerprint density at radius 1 is 1.50 bits per heavy atom. The van der Waals surface area contributed by atoms with E-state index in [0.29, 0.717) is 0 Å². The van der Waals surface area contributed by atoms with Gasteiger partial charge in [0.1, 0.15) is 11.6 Å². The molecule has 2 rings (SSSR count). The molecule has 0 amide bonds. The summed E-state index contributed by atoms with van der Waals surface area (Å²) >= 11 is 0. The first-order valence-corrected chi connectivity index (χ1v) is 6.72. The van der Waals surface area contributed by atoms with Crippen molar-refractivity contribution in [2.75, 3.05) is 31.6 Å². The van der Waals surface area contributed by atoms with E-state index in [0.717, 1.165) is 56.5 Å². The van der Waals surface area contributed by atoms with Gasteiger partial charge in [-0.05, 0) is 32.4 Å². The summed E-state index contributed by atoms with van der Waals surface area (Å²) < 4.78 is 0. The van der Waals surface area contributed by atoms with Crippen molar-refractivity contribution in [3.8, 4) is 0 Å². The first-order chi connectivity index (χ1) is 8.72. The molecule has 1 fully saturated rings. The fourth-order valence-electron chi connectivity index (χ4n) is 2.48. The summed E-state index contributed by atoms with van der Waals surface area (Å²) in [6, 6.07) is 1.61. The average molecular weight is 250 g/mol. The summed E-state index contributed by atoms with van der Waals surface area (Å²) in [5, 5.41) is 3.23. The topological polar surface area (TPSA) is 61.0 Å². The average Bonchev–Trinajstić information content (AvgIpc) is 2.39. The van der Waals surface area contributed by atoms with Crippen LogP contribution in [0.15, 0.2) is 10.9 Å². The lowest BCUT2D eigenvalue weighted by molar-refractivity contribution is 0.392.